The Kier molecular flexibility index (Phi) is 5.02. The fourth-order valence-electron chi connectivity index (χ4n) is 3.42. The lowest BCUT2D eigenvalue weighted by molar-refractivity contribution is -0.136. The van der Waals surface area contributed by atoms with Crippen LogP contribution in [0, 0.1) is 0 Å². The first-order valence-electron chi connectivity index (χ1n) is 9.21. The van der Waals surface area contributed by atoms with E-state index < -0.39 is 12.0 Å². The molecule has 0 aliphatic carbocycles. The maximum Gasteiger partial charge on any atom is 0.338 e. The van der Waals surface area contributed by atoms with E-state index in [0.29, 0.717) is 20.6 Å². The lowest BCUT2D eigenvalue weighted by Crippen LogP contribution is -2.39. The number of allylic oxidation sites excluding steroid dienone is 1. The van der Waals surface area contributed by atoms with Crippen LogP contribution in [0.25, 0.3) is 6.08 Å². The zero-order valence-electron chi connectivity index (χ0n) is 16.3. The van der Waals surface area contributed by atoms with Crippen LogP contribution in [0.5, 0.6) is 0 Å². The van der Waals surface area contributed by atoms with Gasteiger partial charge in [-0.3, -0.25) is 14.0 Å². The van der Waals surface area contributed by atoms with Crippen molar-refractivity contribution in [1.29, 1.82) is 0 Å². The van der Waals surface area contributed by atoms with Gasteiger partial charge in [-0.15, -0.1) is 0 Å². The third-order valence-corrected chi connectivity index (χ3v) is 5.80. The van der Waals surface area contributed by atoms with E-state index in [1.165, 1.54) is 18.4 Å². The molecule has 1 aliphatic heterocycles. The molecule has 0 fully saturated rings. The molecule has 0 saturated carbocycles. The number of ether oxygens (including phenoxy) is 1. The Bertz CT molecular complexity index is 1280. The topological polar surface area (TPSA) is 78.5 Å². The summed E-state index contributed by atoms with van der Waals surface area (Å²) >= 11 is 1.30. The van der Waals surface area contributed by atoms with Crippen LogP contribution in [0.1, 0.15) is 31.0 Å². The fraction of sp³-hybridized carbons (Fsp3) is 0.238. The van der Waals surface area contributed by atoms with Crippen LogP contribution >= 0.6 is 11.3 Å². The standard InChI is InChI=1S/C21H20N4O3S/c1-4-24-12-14(11-22-24)10-16-19(26)25-18(15-8-6-5-7-9-15)17(20(27)28-3)13(2)23-21(25)29-16/h5-12,18H,4H2,1-3H3/b16-10+. The van der Waals surface area contributed by atoms with Gasteiger partial charge in [-0.25, -0.2) is 9.79 Å². The van der Waals surface area contributed by atoms with E-state index in [-0.39, 0.29) is 5.56 Å². The van der Waals surface area contributed by atoms with Gasteiger partial charge in [-0.05, 0) is 25.5 Å². The zero-order chi connectivity index (χ0) is 20.5. The highest BCUT2D eigenvalue weighted by atomic mass is 32.1. The van der Waals surface area contributed by atoms with Gasteiger partial charge >= 0.3 is 5.97 Å². The van der Waals surface area contributed by atoms with Gasteiger partial charge in [-0.2, -0.15) is 5.10 Å². The minimum absolute atomic E-state index is 0.194. The van der Waals surface area contributed by atoms with Gasteiger partial charge < -0.3 is 4.74 Å². The lowest BCUT2D eigenvalue weighted by atomic mass is 9.96. The Morgan fingerprint density at radius 1 is 1.31 bits per heavy atom. The molecule has 3 heterocycles. The second-order valence-electron chi connectivity index (χ2n) is 6.61. The van der Waals surface area contributed by atoms with Crippen LogP contribution in [0.3, 0.4) is 0 Å². The van der Waals surface area contributed by atoms with Crippen molar-refractivity contribution in [3.63, 3.8) is 0 Å². The predicted molar refractivity (Wildman–Crippen MR) is 110 cm³/mol. The summed E-state index contributed by atoms with van der Waals surface area (Å²) in [6, 6.07) is 8.88. The molecule has 2 aromatic heterocycles. The molecule has 0 bridgehead atoms. The van der Waals surface area contributed by atoms with Crippen LogP contribution in [0.4, 0.5) is 0 Å². The monoisotopic (exact) mass is 408 g/mol. The number of carbonyl (C=O) groups excluding carboxylic acids is 1. The summed E-state index contributed by atoms with van der Waals surface area (Å²) in [5.74, 6) is -0.487. The molecular formula is C21H20N4O3S. The van der Waals surface area contributed by atoms with E-state index in [1.807, 2.05) is 49.5 Å². The summed E-state index contributed by atoms with van der Waals surface area (Å²) in [4.78, 5) is 31.0. The minimum Gasteiger partial charge on any atom is -0.466 e. The average Bonchev–Trinajstić information content (AvgIpc) is 3.31. The van der Waals surface area contributed by atoms with Crippen LogP contribution in [-0.2, 0) is 16.1 Å². The lowest BCUT2D eigenvalue weighted by Gasteiger charge is -2.24. The van der Waals surface area contributed by atoms with Gasteiger partial charge in [0, 0.05) is 18.3 Å². The number of thiazole rings is 1. The largest absolute Gasteiger partial charge is 0.466 e. The summed E-state index contributed by atoms with van der Waals surface area (Å²) in [6.45, 7) is 4.52. The van der Waals surface area contributed by atoms with Crippen LogP contribution in [-0.4, -0.2) is 27.4 Å². The van der Waals surface area contributed by atoms with E-state index in [9.17, 15) is 9.59 Å². The second kappa shape index (κ2) is 7.63. The number of aromatic nitrogens is 3. The quantitative estimate of drug-likeness (QED) is 0.615. The van der Waals surface area contributed by atoms with E-state index in [2.05, 4.69) is 10.1 Å². The Morgan fingerprint density at radius 2 is 2.07 bits per heavy atom. The van der Waals surface area contributed by atoms with E-state index in [0.717, 1.165) is 17.7 Å². The molecule has 0 radical (unpaired) electrons. The first-order valence-corrected chi connectivity index (χ1v) is 10.0. The number of nitrogens with zero attached hydrogens (tertiary/aromatic N) is 4. The second-order valence-corrected chi connectivity index (χ2v) is 7.62. The highest BCUT2D eigenvalue weighted by molar-refractivity contribution is 7.07. The maximum atomic E-state index is 13.3. The molecule has 29 heavy (non-hydrogen) atoms. The van der Waals surface area contributed by atoms with Crippen molar-refractivity contribution in [2.75, 3.05) is 7.11 Å². The zero-order valence-corrected chi connectivity index (χ0v) is 17.1. The van der Waals surface area contributed by atoms with Gasteiger partial charge in [0.1, 0.15) is 0 Å². The molecule has 0 N–H and O–H groups in total. The number of rotatable bonds is 4. The molecule has 0 amide bonds. The van der Waals surface area contributed by atoms with E-state index >= 15 is 0 Å². The molecule has 7 nitrogen and oxygen atoms in total. The summed E-state index contributed by atoms with van der Waals surface area (Å²) in [5.41, 5.74) is 2.40. The number of hydrogen-bond donors (Lipinski definition) is 0. The summed E-state index contributed by atoms with van der Waals surface area (Å²) < 4.78 is 8.92. The van der Waals surface area contributed by atoms with Gasteiger partial charge in [0.05, 0.1) is 35.2 Å². The molecule has 1 aliphatic rings. The molecule has 148 valence electrons. The maximum absolute atomic E-state index is 13.3. The van der Waals surface area contributed by atoms with Crippen LogP contribution < -0.4 is 14.9 Å². The normalized spacial score (nSPS) is 16.5. The van der Waals surface area contributed by atoms with Gasteiger partial charge in [0.2, 0.25) is 0 Å². The molecule has 0 spiro atoms. The third kappa shape index (κ3) is 3.36. The molecule has 0 saturated heterocycles. The summed E-state index contributed by atoms with van der Waals surface area (Å²) in [7, 11) is 1.33. The Morgan fingerprint density at radius 3 is 2.72 bits per heavy atom. The SMILES string of the molecule is CCn1cc(/C=c2/sc3n(c2=O)C(c2ccccc2)C(C(=O)OC)=C(C)N=3)cn1. The highest BCUT2D eigenvalue weighted by Crippen LogP contribution is 2.30. The van der Waals surface area contributed by atoms with Crippen molar-refractivity contribution in [3.8, 4) is 0 Å². The van der Waals surface area contributed by atoms with Crippen LogP contribution in [0.2, 0.25) is 0 Å². The molecule has 1 unspecified atom stereocenters. The summed E-state index contributed by atoms with van der Waals surface area (Å²) in [5, 5.41) is 4.25. The number of esters is 1. The van der Waals surface area contributed by atoms with Gasteiger partial charge in [-0.1, -0.05) is 41.7 Å². The number of methoxy groups -OCH3 is 1. The van der Waals surface area contributed by atoms with Crippen molar-refractivity contribution in [3.05, 3.63) is 84.8 Å². The fourth-order valence-corrected chi connectivity index (χ4v) is 4.47. The van der Waals surface area contributed by atoms with Gasteiger partial charge in [0.15, 0.2) is 4.80 Å². The van der Waals surface area contributed by atoms with E-state index in [1.54, 1.807) is 22.4 Å². The van der Waals surface area contributed by atoms with Crippen molar-refractivity contribution in [2.45, 2.75) is 26.4 Å². The van der Waals surface area contributed by atoms with Crippen molar-refractivity contribution >= 4 is 23.4 Å². The van der Waals surface area contributed by atoms with Crippen LogP contribution in [0.15, 0.2) is 63.8 Å². The van der Waals surface area contributed by atoms with Crippen molar-refractivity contribution < 1.29 is 9.53 Å². The van der Waals surface area contributed by atoms with Crippen molar-refractivity contribution in [2.24, 2.45) is 4.99 Å². The smallest absolute Gasteiger partial charge is 0.338 e. The molecule has 1 aromatic carbocycles. The Balaban J connectivity index is 1.95. The molecular weight excluding hydrogens is 388 g/mol. The highest BCUT2D eigenvalue weighted by Gasteiger charge is 2.32. The first kappa shape index (κ1) is 19.1. The number of benzene rings is 1. The molecule has 4 rings (SSSR count). The number of hydrogen-bond acceptors (Lipinski definition) is 6. The number of aryl methyl sites for hydroxylation is 1. The minimum atomic E-state index is -0.583. The Labute approximate surface area is 170 Å². The van der Waals surface area contributed by atoms with Gasteiger partial charge in [0.25, 0.3) is 5.56 Å². The molecule has 3 aromatic rings. The summed E-state index contributed by atoms with van der Waals surface area (Å²) in [6.07, 6.45) is 5.42. The number of fused-ring (bicyclic) bond motifs is 1. The molecule has 1 atom stereocenters. The third-order valence-electron chi connectivity index (χ3n) is 4.82. The first-order chi connectivity index (χ1) is 14.0. The van der Waals surface area contributed by atoms with Crippen molar-refractivity contribution in [1.82, 2.24) is 14.3 Å². The average molecular weight is 408 g/mol. The molecule has 8 heteroatoms. The predicted octanol–water partition coefficient (Wildman–Crippen LogP) is 1.62. The Hall–Kier alpha value is -3.26. The van der Waals surface area contributed by atoms with E-state index in [4.69, 9.17) is 4.74 Å². The number of carbonyl (C=O) groups is 1.